The molecule has 0 aromatic heterocycles. The zero-order chi connectivity index (χ0) is 13.1. The molecule has 1 unspecified atom stereocenters. The topological polar surface area (TPSA) is 12.0 Å². The number of allylic oxidation sites excluding steroid dienone is 1. The van der Waals surface area contributed by atoms with Crippen LogP contribution < -0.4 is 5.32 Å². The summed E-state index contributed by atoms with van der Waals surface area (Å²) in [5, 5.41) is 3.55. The Bertz CT molecular complexity index is 491. The van der Waals surface area contributed by atoms with Gasteiger partial charge in [0.2, 0.25) is 0 Å². The predicted molar refractivity (Wildman–Crippen MR) is 79.9 cm³/mol. The third-order valence-corrected chi connectivity index (χ3v) is 3.38. The van der Waals surface area contributed by atoms with Crippen molar-refractivity contribution < 1.29 is 0 Å². The van der Waals surface area contributed by atoms with E-state index in [0.29, 0.717) is 0 Å². The molecule has 0 heterocycles. The number of aryl methyl sites for hydroxylation is 1. The standard InChI is InChI=1S/C17H21N/c1-12(2)17(16-7-5-6-14(16)4)18-15-10-8-13(3)9-11-15/h7-11,17-18H,1,4-6H2,2-3H3. The van der Waals surface area contributed by atoms with E-state index in [1.54, 1.807) is 0 Å². The van der Waals surface area contributed by atoms with Gasteiger partial charge in [0, 0.05) is 5.69 Å². The van der Waals surface area contributed by atoms with Gasteiger partial charge >= 0.3 is 0 Å². The summed E-state index contributed by atoms with van der Waals surface area (Å²) in [4.78, 5) is 0. The Labute approximate surface area is 110 Å². The summed E-state index contributed by atoms with van der Waals surface area (Å²) >= 11 is 0. The van der Waals surface area contributed by atoms with Crippen molar-refractivity contribution in [3.05, 3.63) is 65.8 Å². The number of hydrogen-bond donors (Lipinski definition) is 1. The fourth-order valence-corrected chi connectivity index (χ4v) is 2.30. The second kappa shape index (κ2) is 5.26. The maximum atomic E-state index is 4.15. The van der Waals surface area contributed by atoms with Gasteiger partial charge in [-0.1, -0.05) is 42.5 Å². The largest absolute Gasteiger partial charge is 0.374 e. The summed E-state index contributed by atoms with van der Waals surface area (Å²) in [6.07, 6.45) is 4.46. The average Bonchev–Trinajstić information content (AvgIpc) is 2.74. The molecule has 94 valence electrons. The van der Waals surface area contributed by atoms with E-state index in [0.717, 1.165) is 24.1 Å². The maximum absolute atomic E-state index is 4.15. The van der Waals surface area contributed by atoms with Crippen molar-refractivity contribution >= 4 is 5.69 Å². The number of rotatable bonds is 4. The predicted octanol–water partition coefficient (Wildman–Crippen LogP) is 4.63. The van der Waals surface area contributed by atoms with Gasteiger partial charge in [-0.2, -0.15) is 0 Å². The summed E-state index contributed by atoms with van der Waals surface area (Å²) in [6.45, 7) is 12.4. The van der Waals surface area contributed by atoms with Crippen LogP contribution in [0.2, 0.25) is 0 Å². The molecule has 18 heavy (non-hydrogen) atoms. The van der Waals surface area contributed by atoms with Crippen LogP contribution in [0.5, 0.6) is 0 Å². The van der Waals surface area contributed by atoms with Gasteiger partial charge in [-0.05, 0) is 50.0 Å². The van der Waals surface area contributed by atoms with Gasteiger partial charge in [0.15, 0.2) is 0 Å². The zero-order valence-corrected chi connectivity index (χ0v) is 11.3. The molecule has 1 aromatic rings. The molecule has 0 amide bonds. The lowest BCUT2D eigenvalue weighted by molar-refractivity contribution is 0.959. The van der Waals surface area contributed by atoms with Crippen LogP contribution in [0.15, 0.2) is 60.2 Å². The average molecular weight is 239 g/mol. The van der Waals surface area contributed by atoms with Crippen molar-refractivity contribution in [2.24, 2.45) is 0 Å². The molecule has 1 heteroatoms. The Kier molecular flexibility index (Phi) is 3.71. The van der Waals surface area contributed by atoms with E-state index in [2.05, 4.69) is 62.7 Å². The first-order valence-corrected chi connectivity index (χ1v) is 6.44. The molecule has 0 radical (unpaired) electrons. The minimum absolute atomic E-state index is 0.183. The maximum Gasteiger partial charge on any atom is 0.0721 e. The third kappa shape index (κ3) is 2.73. The quantitative estimate of drug-likeness (QED) is 0.755. The Balaban J connectivity index is 2.19. The van der Waals surface area contributed by atoms with Crippen LogP contribution in [0.25, 0.3) is 0 Å². The van der Waals surface area contributed by atoms with Crippen LogP contribution in [-0.4, -0.2) is 6.04 Å². The van der Waals surface area contributed by atoms with E-state index in [-0.39, 0.29) is 6.04 Å². The molecule has 1 atom stereocenters. The van der Waals surface area contributed by atoms with Gasteiger partial charge in [0.1, 0.15) is 0 Å². The number of benzene rings is 1. The van der Waals surface area contributed by atoms with Crippen molar-refractivity contribution in [2.45, 2.75) is 32.7 Å². The highest BCUT2D eigenvalue weighted by molar-refractivity contribution is 5.53. The summed E-state index contributed by atoms with van der Waals surface area (Å²) in [6, 6.07) is 8.65. The Morgan fingerprint density at radius 2 is 1.94 bits per heavy atom. The molecule has 0 bridgehead atoms. The minimum Gasteiger partial charge on any atom is -0.374 e. The third-order valence-electron chi connectivity index (χ3n) is 3.38. The monoisotopic (exact) mass is 239 g/mol. The SMILES string of the molecule is C=C1CCC=C1C(Nc1ccc(C)cc1)C(=C)C. The molecule has 0 aliphatic heterocycles. The van der Waals surface area contributed by atoms with Gasteiger partial charge in [0.05, 0.1) is 6.04 Å². The van der Waals surface area contributed by atoms with Crippen molar-refractivity contribution in [1.82, 2.24) is 0 Å². The molecule has 1 aliphatic rings. The number of anilines is 1. The summed E-state index contributed by atoms with van der Waals surface area (Å²) in [7, 11) is 0. The molecule has 0 saturated carbocycles. The smallest absolute Gasteiger partial charge is 0.0721 e. The van der Waals surface area contributed by atoms with Gasteiger partial charge in [-0.3, -0.25) is 0 Å². The normalized spacial score (nSPS) is 16.3. The first-order valence-electron chi connectivity index (χ1n) is 6.44. The van der Waals surface area contributed by atoms with E-state index < -0.39 is 0 Å². The second-order valence-corrected chi connectivity index (χ2v) is 5.09. The van der Waals surface area contributed by atoms with Crippen molar-refractivity contribution in [2.75, 3.05) is 5.32 Å². The van der Waals surface area contributed by atoms with Gasteiger partial charge in [-0.15, -0.1) is 0 Å². The van der Waals surface area contributed by atoms with Gasteiger partial charge < -0.3 is 5.32 Å². The molecular formula is C17H21N. The minimum atomic E-state index is 0.183. The molecule has 1 nitrogen and oxygen atoms in total. The first kappa shape index (κ1) is 12.7. The molecule has 1 N–H and O–H groups in total. The van der Waals surface area contributed by atoms with E-state index in [1.165, 1.54) is 16.7 Å². The lowest BCUT2D eigenvalue weighted by atomic mass is 9.97. The van der Waals surface area contributed by atoms with Crippen molar-refractivity contribution in [1.29, 1.82) is 0 Å². The first-order chi connectivity index (χ1) is 8.58. The van der Waals surface area contributed by atoms with Gasteiger partial charge in [0.25, 0.3) is 0 Å². The highest BCUT2D eigenvalue weighted by Gasteiger charge is 2.20. The molecule has 0 saturated heterocycles. The zero-order valence-electron chi connectivity index (χ0n) is 11.3. The van der Waals surface area contributed by atoms with Crippen molar-refractivity contribution in [3.8, 4) is 0 Å². The van der Waals surface area contributed by atoms with E-state index in [1.807, 2.05) is 0 Å². The van der Waals surface area contributed by atoms with Crippen molar-refractivity contribution in [3.63, 3.8) is 0 Å². The summed E-state index contributed by atoms with van der Waals surface area (Å²) in [5.41, 5.74) is 6.08. The number of hydrogen-bond acceptors (Lipinski definition) is 1. The highest BCUT2D eigenvalue weighted by Crippen LogP contribution is 2.30. The molecule has 0 spiro atoms. The Morgan fingerprint density at radius 3 is 2.44 bits per heavy atom. The van der Waals surface area contributed by atoms with E-state index in [9.17, 15) is 0 Å². The summed E-state index contributed by atoms with van der Waals surface area (Å²) < 4.78 is 0. The lowest BCUT2D eigenvalue weighted by Crippen LogP contribution is -2.23. The second-order valence-electron chi connectivity index (χ2n) is 5.09. The number of nitrogens with one attached hydrogen (secondary N) is 1. The van der Waals surface area contributed by atoms with Crippen LogP contribution in [0.1, 0.15) is 25.3 Å². The van der Waals surface area contributed by atoms with E-state index in [4.69, 9.17) is 0 Å². The van der Waals surface area contributed by atoms with Crippen LogP contribution in [-0.2, 0) is 0 Å². The van der Waals surface area contributed by atoms with Crippen LogP contribution in [0.4, 0.5) is 5.69 Å². The van der Waals surface area contributed by atoms with Crippen LogP contribution >= 0.6 is 0 Å². The molecule has 0 fully saturated rings. The molecular weight excluding hydrogens is 218 g/mol. The Morgan fingerprint density at radius 1 is 1.28 bits per heavy atom. The van der Waals surface area contributed by atoms with E-state index >= 15 is 0 Å². The lowest BCUT2D eigenvalue weighted by Gasteiger charge is -2.22. The highest BCUT2D eigenvalue weighted by atomic mass is 14.9. The molecule has 2 rings (SSSR count). The Hall–Kier alpha value is -1.76. The van der Waals surface area contributed by atoms with Crippen LogP contribution in [0, 0.1) is 6.92 Å². The van der Waals surface area contributed by atoms with Gasteiger partial charge in [-0.25, -0.2) is 0 Å². The molecule has 1 aromatic carbocycles. The fourth-order valence-electron chi connectivity index (χ4n) is 2.30. The summed E-state index contributed by atoms with van der Waals surface area (Å²) in [5.74, 6) is 0. The fraction of sp³-hybridized carbons (Fsp3) is 0.294. The molecule has 1 aliphatic carbocycles. The van der Waals surface area contributed by atoms with Crippen LogP contribution in [0.3, 0.4) is 0 Å².